The lowest BCUT2D eigenvalue weighted by Crippen LogP contribution is -2.40. The van der Waals surface area contributed by atoms with Crippen LogP contribution >= 0.6 is 0 Å². The molecule has 1 aliphatic heterocycles. The van der Waals surface area contributed by atoms with Gasteiger partial charge in [0, 0.05) is 31.8 Å². The highest BCUT2D eigenvalue weighted by Gasteiger charge is 2.42. The smallest absolute Gasteiger partial charge is 0.252 e. The average Bonchev–Trinajstić information content (AvgIpc) is 2.90. The van der Waals surface area contributed by atoms with Crippen molar-refractivity contribution in [2.75, 3.05) is 13.2 Å². The fourth-order valence-electron chi connectivity index (χ4n) is 2.94. The normalized spacial score (nSPS) is 24.5. The fraction of sp³-hybridized carbons (Fsp3) is 0.769. The average molecular weight is 335 g/mol. The van der Waals surface area contributed by atoms with Crippen molar-refractivity contribution in [1.82, 2.24) is 14.5 Å². The van der Waals surface area contributed by atoms with Crippen molar-refractivity contribution in [1.29, 1.82) is 0 Å². The van der Waals surface area contributed by atoms with E-state index in [0.29, 0.717) is 32.4 Å². The van der Waals surface area contributed by atoms with Gasteiger partial charge in [0.2, 0.25) is 15.9 Å². The fourth-order valence-corrected chi connectivity index (χ4v) is 4.09. The van der Waals surface area contributed by atoms with Crippen LogP contribution in [0, 0.1) is 5.92 Å². The molecule has 1 aromatic rings. The van der Waals surface area contributed by atoms with E-state index in [1.54, 1.807) is 0 Å². The first-order chi connectivity index (χ1) is 10.4. The molecule has 3 rings (SSSR count). The van der Waals surface area contributed by atoms with Crippen LogP contribution in [0.25, 0.3) is 0 Å². The number of halogens is 2. The number of ether oxygens (including phenoxy) is 1. The summed E-state index contributed by atoms with van der Waals surface area (Å²) >= 11 is 0. The summed E-state index contributed by atoms with van der Waals surface area (Å²) < 4.78 is 61.3. The zero-order valence-corrected chi connectivity index (χ0v) is 12.9. The van der Waals surface area contributed by atoms with Gasteiger partial charge >= 0.3 is 0 Å². The van der Waals surface area contributed by atoms with Gasteiger partial charge in [0.15, 0.2) is 4.90 Å². The predicted octanol–water partition coefficient (Wildman–Crippen LogP) is 1.77. The lowest BCUT2D eigenvalue weighted by molar-refractivity contribution is -0.0827. The van der Waals surface area contributed by atoms with E-state index >= 15 is 0 Å². The molecule has 1 fully saturated rings. The molecule has 0 bridgehead atoms. The third-order valence-corrected chi connectivity index (χ3v) is 5.64. The molecule has 2 aliphatic rings. The van der Waals surface area contributed by atoms with Crippen molar-refractivity contribution in [2.24, 2.45) is 5.92 Å². The highest BCUT2D eigenvalue weighted by atomic mass is 32.2. The van der Waals surface area contributed by atoms with Crippen LogP contribution in [0.1, 0.15) is 32.1 Å². The summed E-state index contributed by atoms with van der Waals surface area (Å²) in [6.45, 7) is 0.750. The van der Waals surface area contributed by atoms with Crippen molar-refractivity contribution in [3.8, 4) is 5.88 Å². The molecule has 1 unspecified atom stereocenters. The number of hydrogen-bond donors (Lipinski definition) is 1. The maximum absolute atomic E-state index is 13.8. The van der Waals surface area contributed by atoms with Crippen molar-refractivity contribution < 1.29 is 21.9 Å². The Morgan fingerprint density at radius 3 is 3.00 bits per heavy atom. The summed E-state index contributed by atoms with van der Waals surface area (Å²) in [6, 6.07) is 0. The van der Waals surface area contributed by atoms with E-state index in [9.17, 15) is 17.2 Å². The molecule has 1 aromatic heterocycles. The molecular weight excluding hydrogens is 316 g/mol. The Balaban J connectivity index is 1.73. The second-order valence-corrected chi connectivity index (χ2v) is 7.53. The molecule has 1 N–H and O–H groups in total. The molecule has 1 saturated carbocycles. The van der Waals surface area contributed by atoms with Crippen LogP contribution < -0.4 is 9.46 Å². The van der Waals surface area contributed by atoms with Gasteiger partial charge in [-0.1, -0.05) is 6.42 Å². The largest absolute Gasteiger partial charge is 0.477 e. The molecule has 0 radical (unpaired) electrons. The quantitative estimate of drug-likeness (QED) is 0.910. The van der Waals surface area contributed by atoms with E-state index < -0.39 is 21.9 Å². The van der Waals surface area contributed by atoms with E-state index in [0.717, 1.165) is 6.42 Å². The van der Waals surface area contributed by atoms with Crippen molar-refractivity contribution in [3.63, 3.8) is 0 Å². The third-order valence-electron chi connectivity index (χ3n) is 4.23. The number of fused-ring (bicyclic) bond motifs is 1. The van der Waals surface area contributed by atoms with Crippen LogP contribution in [0.3, 0.4) is 0 Å². The zero-order valence-electron chi connectivity index (χ0n) is 12.1. The summed E-state index contributed by atoms with van der Waals surface area (Å²) in [6.07, 6.45) is 3.32. The Labute approximate surface area is 127 Å². The second-order valence-electron chi connectivity index (χ2n) is 5.79. The number of alkyl halides is 2. The van der Waals surface area contributed by atoms with Crippen LogP contribution in [0.5, 0.6) is 5.88 Å². The number of aromatic nitrogens is 2. The number of rotatable bonds is 4. The molecule has 124 valence electrons. The van der Waals surface area contributed by atoms with Gasteiger partial charge < -0.3 is 4.74 Å². The van der Waals surface area contributed by atoms with E-state index in [4.69, 9.17) is 4.74 Å². The van der Waals surface area contributed by atoms with Crippen LogP contribution in [0.2, 0.25) is 0 Å². The van der Waals surface area contributed by atoms with Crippen molar-refractivity contribution in [2.45, 2.75) is 49.5 Å². The molecule has 0 amide bonds. The maximum Gasteiger partial charge on any atom is 0.252 e. The first-order valence-electron chi connectivity index (χ1n) is 7.46. The standard InChI is InChI=1S/C13H19F2N3O3S/c14-13(15)5-2-1-4-10(13)8-17-22(19,20)11-9-16-18-6-3-7-21-12(11)18/h9-10,17H,1-8H2. The van der Waals surface area contributed by atoms with Crippen LogP contribution in [0.15, 0.2) is 11.1 Å². The minimum absolute atomic E-state index is 0.0775. The highest BCUT2D eigenvalue weighted by Crippen LogP contribution is 2.38. The van der Waals surface area contributed by atoms with E-state index in [-0.39, 0.29) is 23.7 Å². The minimum atomic E-state index is -3.90. The van der Waals surface area contributed by atoms with Gasteiger partial charge in [-0.15, -0.1) is 0 Å². The molecule has 22 heavy (non-hydrogen) atoms. The van der Waals surface area contributed by atoms with E-state index in [2.05, 4.69) is 9.82 Å². The van der Waals surface area contributed by atoms with Gasteiger partial charge in [-0.25, -0.2) is 26.6 Å². The Hall–Kier alpha value is -1.22. The number of nitrogens with one attached hydrogen (secondary N) is 1. The first-order valence-corrected chi connectivity index (χ1v) is 8.94. The molecule has 2 heterocycles. The Morgan fingerprint density at radius 1 is 1.41 bits per heavy atom. The molecule has 0 aromatic carbocycles. The number of aryl methyl sites for hydroxylation is 1. The van der Waals surface area contributed by atoms with Gasteiger partial charge in [-0.2, -0.15) is 5.10 Å². The maximum atomic E-state index is 13.8. The van der Waals surface area contributed by atoms with Gasteiger partial charge in [0.05, 0.1) is 12.8 Å². The van der Waals surface area contributed by atoms with Crippen LogP contribution in [-0.4, -0.2) is 37.3 Å². The van der Waals surface area contributed by atoms with Crippen LogP contribution in [-0.2, 0) is 16.6 Å². The number of sulfonamides is 1. The number of hydrogen-bond acceptors (Lipinski definition) is 4. The van der Waals surface area contributed by atoms with Gasteiger partial charge in [-0.05, 0) is 12.8 Å². The SMILES string of the molecule is O=S(=O)(NCC1CCCCC1(F)F)c1cnn2c1OCCC2. The molecule has 9 heteroatoms. The number of nitrogens with zero attached hydrogens (tertiary/aromatic N) is 2. The van der Waals surface area contributed by atoms with E-state index in [1.807, 2.05) is 0 Å². The summed E-state index contributed by atoms with van der Waals surface area (Å²) in [5, 5.41) is 3.97. The summed E-state index contributed by atoms with van der Waals surface area (Å²) in [5.41, 5.74) is 0. The molecule has 6 nitrogen and oxygen atoms in total. The topological polar surface area (TPSA) is 73.2 Å². The Bertz CT molecular complexity index is 645. The second kappa shape index (κ2) is 5.77. The predicted molar refractivity (Wildman–Crippen MR) is 74.4 cm³/mol. The molecule has 0 spiro atoms. The van der Waals surface area contributed by atoms with Crippen molar-refractivity contribution >= 4 is 10.0 Å². The zero-order chi connectivity index (χ0) is 15.8. The minimum Gasteiger partial charge on any atom is -0.477 e. The van der Waals surface area contributed by atoms with Crippen molar-refractivity contribution in [3.05, 3.63) is 6.20 Å². The van der Waals surface area contributed by atoms with Crippen LogP contribution in [0.4, 0.5) is 8.78 Å². The lowest BCUT2D eigenvalue weighted by atomic mass is 9.86. The molecule has 1 aliphatic carbocycles. The molecule has 0 saturated heterocycles. The Kier molecular flexibility index (Phi) is 4.11. The van der Waals surface area contributed by atoms with Gasteiger partial charge in [0.25, 0.3) is 5.92 Å². The first kappa shape index (κ1) is 15.7. The third kappa shape index (κ3) is 2.96. The van der Waals surface area contributed by atoms with Gasteiger partial charge in [0.1, 0.15) is 0 Å². The monoisotopic (exact) mass is 335 g/mol. The summed E-state index contributed by atoms with van der Waals surface area (Å²) in [4.78, 5) is -0.0775. The summed E-state index contributed by atoms with van der Waals surface area (Å²) in [7, 11) is -3.90. The highest BCUT2D eigenvalue weighted by molar-refractivity contribution is 7.89. The lowest BCUT2D eigenvalue weighted by Gasteiger charge is -2.31. The van der Waals surface area contributed by atoms with Gasteiger partial charge in [-0.3, -0.25) is 0 Å². The summed E-state index contributed by atoms with van der Waals surface area (Å²) in [5.74, 6) is -3.58. The Morgan fingerprint density at radius 2 is 2.23 bits per heavy atom. The van der Waals surface area contributed by atoms with E-state index in [1.165, 1.54) is 10.9 Å². The molecular formula is C13H19F2N3O3S. The molecule has 1 atom stereocenters.